The van der Waals surface area contributed by atoms with E-state index in [-0.39, 0.29) is 17.9 Å². The Kier molecular flexibility index (Phi) is 4.75. The second kappa shape index (κ2) is 6.78. The van der Waals surface area contributed by atoms with Gasteiger partial charge in [0.25, 0.3) is 0 Å². The van der Waals surface area contributed by atoms with Crippen LogP contribution in [-0.2, 0) is 27.6 Å². The molecule has 0 amide bonds. The largest absolute Gasteiger partial charge is 0.496 e. The highest BCUT2D eigenvalue weighted by molar-refractivity contribution is 7.89. The highest BCUT2D eigenvalue weighted by Crippen LogP contribution is 2.44. The van der Waals surface area contributed by atoms with Gasteiger partial charge in [0.05, 0.1) is 25.2 Å². The Morgan fingerprint density at radius 1 is 1.31 bits per heavy atom. The van der Waals surface area contributed by atoms with Crippen molar-refractivity contribution >= 4 is 10.0 Å². The third kappa shape index (κ3) is 2.76. The van der Waals surface area contributed by atoms with Gasteiger partial charge in [-0.2, -0.15) is 4.31 Å². The van der Waals surface area contributed by atoms with E-state index in [4.69, 9.17) is 9.47 Å². The molecule has 3 aliphatic rings. The fourth-order valence-corrected chi connectivity index (χ4v) is 6.67. The predicted octanol–water partition coefficient (Wildman–Crippen LogP) is 1.59. The minimum absolute atomic E-state index is 0.00770. The van der Waals surface area contributed by atoms with Crippen molar-refractivity contribution in [3.05, 3.63) is 23.3 Å². The number of ether oxygens (including phenoxy) is 2. The molecular formula is C19H27NO5S. The van der Waals surface area contributed by atoms with Crippen molar-refractivity contribution in [3.8, 4) is 5.75 Å². The Morgan fingerprint density at radius 2 is 2.08 bits per heavy atom. The van der Waals surface area contributed by atoms with E-state index in [2.05, 4.69) is 0 Å². The molecule has 1 aliphatic carbocycles. The maximum atomic E-state index is 13.5. The predicted molar refractivity (Wildman–Crippen MR) is 96.8 cm³/mol. The SMILES string of the molecule is COc1ccc(S(=O)(=O)N2C[C@@H]3COCC[C@]3(CO)C2)c2c1CCCC2. The van der Waals surface area contributed by atoms with E-state index in [1.807, 2.05) is 0 Å². The summed E-state index contributed by atoms with van der Waals surface area (Å²) in [5.74, 6) is 0.846. The molecule has 2 fully saturated rings. The van der Waals surface area contributed by atoms with E-state index in [1.165, 1.54) is 0 Å². The van der Waals surface area contributed by atoms with Gasteiger partial charge in [0.15, 0.2) is 0 Å². The Morgan fingerprint density at radius 3 is 2.77 bits per heavy atom. The van der Waals surface area contributed by atoms with E-state index in [1.54, 1.807) is 23.5 Å². The van der Waals surface area contributed by atoms with Crippen LogP contribution in [0.1, 0.15) is 30.4 Å². The van der Waals surface area contributed by atoms with E-state index in [9.17, 15) is 13.5 Å². The van der Waals surface area contributed by atoms with Gasteiger partial charge in [-0.3, -0.25) is 0 Å². The molecule has 4 rings (SSSR count). The third-order valence-corrected chi connectivity index (χ3v) is 8.34. The highest BCUT2D eigenvalue weighted by Gasteiger charge is 2.51. The van der Waals surface area contributed by atoms with Crippen LogP contribution >= 0.6 is 0 Å². The first-order chi connectivity index (χ1) is 12.5. The monoisotopic (exact) mass is 381 g/mol. The molecular weight excluding hydrogens is 354 g/mol. The second-order valence-corrected chi connectivity index (χ2v) is 9.68. The number of sulfonamides is 1. The molecule has 0 spiro atoms. The molecule has 144 valence electrons. The van der Waals surface area contributed by atoms with Gasteiger partial charge in [-0.25, -0.2) is 8.42 Å². The summed E-state index contributed by atoms with van der Waals surface area (Å²) in [4.78, 5) is 0.417. The Hall–Kier alpha value is -1.15. The van der Waals surface area contributed by atoms with Crippen molar-refractivity contribution in [3.63, 3.8) is 0 Å². The molecule has 1 aromatic rings. The van der Waals surface area contributed by atoms with Gasteiger partial charge in [0, 0.05) is 31.0 Å². The molecule has 0 unspecified atom stereocenters. The number of fused-ring (bicyclic) bond motifs is 2. The summed E-state index contributed by atoms with van der Waals surface area (Å²) in [6, 6.07) is 3.48. The lowest BCUT2D eigenvalue weighted by Gasteiger charge is -2.36. The summed E-state index contributed by atoms with van der Waals surface area (Å²) >= 11 is 0. The Labute approximate surface area is 155 Å². The molecule has 2 heterocycles. The lowest BCUT2D eigenvalue weighted by atomic mass is 9.75. The van der Waals surface area contributed by atoms with Crippen LogP contribution in [0.25, 0.3) is 0 Å². The lowest BCUT2D eigenvalue weighted by molar-refractivity contribution is -0.0414. The van der Waals surface area contributed by atoms with Gasteiger partial charge in [0.1, 0.15) is 5.75 Å². The van der Waals surface area contributed by atoms with Gasteiger partial charge in [-0.05, 0) is 55.4 Å². The normalized spacial score (nSPS) is 29.2. The molecule has 26 heavy (non-hydrogen) atoms. The summed E-state index contributed by atoms with van der Waals surface area (Å²) in [5.41, 5.74) is 1.59. The quantitative estimate of drug-likeness (QED) is 0.857. The topological polar surface area (TPSA) is 76.1 Å². The van der Waals surface area contributed by atoms with E-state index >= 15 is 0 Å². The molecule has 1 aromatic carbocycles. The number of methoxy groups -OCH3 is 1. The first-order valence-electron chi connectivity index (χ1n) is 9.39. The molecule has 2 atom stereocenters. The van der Waals surface area contributed by atoms with Gasteiger partial charge >= 0.3 is 0 Å². The number of aliphatic hydroxyl groups is 1. The van der Waals surface area contributed by atoms with Crippen LogP contribution < -0.4 is 4.74 Å². The summed E-state index contributed by atoms with van der Waals surface area (Å²) < 4.78 is 39.5. The first-order valence-corrected chi connectivity index (χ1v) is 10.8. The molecule has 2 saturated heterocycles. The minimum Gasteiger partial charge on any atom is -0.496 e. The molecule has 0 saturated carbocycles. The fourth-order valence-electron chi connectivity index (χ4n) is 4.81. The van der Waals surface area contributed by atoms with E-state index in [0.717, 1.165) is 42.6 Å². The van der Waals surface area contributed by atoms with Gasteiger partial charge in [-0.15, -0.1) is 0 Å². The average Bonchev–Trinajstić information content (AvgIpc) is 3.08. The number of hydrogen-bond acceptors (Lipinski definition) is 5. The van der Waals surface area contributed by atoms with Crippen LogP contribution in [0.4, 0.5) is 0 Å². The van der Waals surface area contributed by atoms with Gasteiger partial charge in [-0.1, -0.05) is 0 Å². The third-order valence-electron chi connectivity index (χ3n) is 6.45. The average molecular weight is 381 g/mol. The number of nitrogens with zero attached hydrogens (tertiary/aromatic N) is 1. The zero-order valence-corrected chi connectivity index (χ0v) is 16.1. The Bertz CT molecular complexity index is 793. The van der Waals surface area contributed by atoms with Crippen molar-refractivity contribution in [2.75, 3.05) is 40.0 Å². The van der Waals surface area contributed by atoms with Crippen LogP contribution in [0, 0.1) is 11.3 Å². The van der Waals surface area contributed by atoms with Crippen molar-refractivity contribution < 1.29 is 23.0 Å². The first kappa shape index (κ1) is 18.2. The number of aliphatic hydroxyl groups excluding tert-OH is 1. The fraction of sp³-hybridized carbons (Fsp3) is 0.684. The zero-order chi connectivity index (χ0) is 18.4. The van der Waals surface area contributed by atoms with Crippen LogP contribution in [-0.4, -0.2) is 57.8 Å². The number of benzene rings is 1. The minimum atomic E-state index is -3.60. The van der Waals surface area contributed by atoms with Crippen molar-refractivity contribution in [1.82, 2.24) is 4.31 Å². The smallest absolute Gasteiger partial charge is 0.243 e. The van der Waals surface area contributed by atoms with Crippen LogP contribution in [0.2, 0.25) is 0 Å². The van der Waals surface area contributed by atoms with Gasteiger partial charge < -0.3 is 14.6 Å². The molecule has 6 nitrogen and oxygen atoms in total. The van der Waals surface area contributed by atoms with Crippen LogP contribution in [0.5, 0.6) is 5.75 Å². The second-order valence-electron chi connectivity index (χ2n) is 7.77. The summed E-state index contributed by atoms with van der Waals surface area (Å²) in [7, 11) is -1.97. The van der Waals surface area contributed by atoms with Crippen molar-refractivity contribution in [1.29, 1.82) is 0 Å². The van der Waals surface area contributed by atoms with E-state index in [0.29, 0.717) is 37.6 Å². The van der Waals surface area contributed by atoms with Gasteiger partial charge in [0.2, 0.25) is 10.0 Å². The van der Waals surface area contributed by atoms with Crippen LogP contribution in [0.3, 0.4) is 0 Å². The number of hydrogen-bond donors (Lipinski definition) is 1. The highest BCUT2D eigenvalue weighted by atomic mass is 32.2. The lowest BCUT2D eigenvalue weighted by Crippen LogP contribution is -2.41. The molecule has 0 aromatic heterocycles. The zero-order valence-electron chi connectivity index (χ0n) is 15.2. The van der Waals surface area contributed by atoms with Crippen molar-refractivity contribution in [2.24, 2.45) is 11.3 Å². The standard InChI is InChI=1S/C19H27NO5S/c1-24-17-6-7-18(16-5-3-2-4-15(16)17)26(22,23)20-10-14-11-25-9-8-19(14,12-20)13-21/h6-7,14,21H,2-5,8-13H2,1H3/t14-,19-/m1/s1. The molecule has 0 bridgehead atoms. The van der Waals surface area contributed by atoms with Crippen LogP contribution in [0.15, 0.2) is 17.0 Å². The maximum absolute atomic E-state index is 13.5. The molecule has 7 heteroatoms. The molecule has 0 radical (unpaired) electrons. The number of rotatable bonds is 4. The molecule has 2 aliphatic heterocycles. The molecule has 1 N–H and O–H groups in total. The Balaban J connectivity index is 1.72. The summed E-state index contributed by atoms with van der Waals surface area (Å²) in [5, 5.41) is 9.97. The van der Waals surface area contributed by atoms with Crippen molar-refractivity contribution in [2.45, 2.75) is 37.0 Å². The van der Waals surface area contributed by atoms with E-state index < -0.39 is 10.0 Å². The summed E-state index contributed by atoms with van der Waals surface area (Å²) in [6.07, 6.45) is 4.40. The summed E-state index contributed by atoms with van der Waals surface area (Å²) in [6.45, 7) is 1.91. The maximum Gasteiger partial charge on any atom is 0.243 e.